The molecule has 0 fully saturated rings. The van der Waals surface area contributed by atoms with Crippen LogP contribution in [0.15, 0.2) is 18.2 Å². The highest BCUT2D eigenvalue weighted by Gasteiger charge is 2.45. The first kappa shape index (κ1) is 18.8. The molecular weight excluding hydrogens is 322 g/mol. The third-order valence-electron chi connectivity index (χ3n) is 4.46. The Hall–Kier alpha value is -2.50. The number of fused-ring (bicyclic) bond motifs is 1. The summed E-state index contributed by atoms with van der Waals surface area (Å²) in [6, 6.07) is 3.64. The number of methoxy groups -OCH3 is 2. The van der Waals surface area contributed by atoms with Gasteiger partial charge in [0.25, 0.3) is 0 Å². The maximum absolute atomic E-state index is 13.1. The second-order valence-corrected chi connectivity index (χ2v) is 6.51. The molecule has 2 rings (SSSR count). The first-order chi connectivity index (χ1) is 11.8. The number of carboxylic acid groups (broad SMARTS) is 1. The number of hydrogen-bond donors (Lipinski definition) is 1. The minimum Gasteiger partial charge on any atom is -0.493 e. The van der Waals surface area contributed by atoms with Gasteiger partial charge in [0.05, 0.1) is 25.3 Å². The summed E-state index contributed by atoms with van der Waals surface area (Å²) < 4.78 is 10.8. The van der Waals surface area contributed by atoms with E-state index in [-0.39, 0.29) is 5.91 Å². The average molecular weight is 347 g/mol. The summed E-state index contributed by atoms with van der Waals surface area (Å²) in [6.07, 6.45) is 3.84. The van der Waals surface area contributed by atoms with Crippen molar-refractivity contribution in [1.82, 2.24) is 0 Å². The first-order valence-corrected chi connectivity index (χ1v) is 8.29. The molecule has 0 bridgehead atoms. The van der Waals surface area contributed by atoms with E-state index in [0.29, 0.717) is 17.2 Å². The van der Waals surface area contributed by atoms with Gasteiger partial charge in [0.2, 0.25) is 5.91 Å². The number of allylic oxidation sites excluding steroid dienone is 1. The van der Waals surface area contributed by atoms with Crippen LogP contribution >= 0.6 is 0 Å². The van der Waals surface area contributed by atoms with Crippen LogP contribution in [0, 0.1) is 5.41 Å². The molecule has 0 unspecified atom stereocenters. The van der Waals surface area contributed by atoms with Gasteiger partial charge >= 0.3 is 5.97 Å². The van der Waals surface area contributed by atoms with Gasteiger partial charge in [-0.25, -0.2) is 0 Å². The fourth-order valence-corrected chi connectivity index (χ4v) is 3.23. The zero-order valence-corrected chi connectivity index (χ0v) is 15.4. The van der Waals surface area contributed by atoms with E-state index in [0.717, 1.165) is 24.0 Å². The lowest BCUT2D eigenvalue weighted by molar-refractivity contribution is -0.137. The summed E-state index contributed by atoms with van der Waals surface area (Å²) in [7, 11) is 2.99. The van der Waals surface area contributed by atoms with Crippen molar-refractivity contribution in [1.29, 1.82) is 0 Å². The Balaban J connectivity index is 2.81. The molecule has 1 aliphatic heterocycles. The second-order valence-electron chi connectivity index (χ2n) is 6.51. The molecular formula is C19H25NO5. The summed E-state index contributed by atoms with van der Waals surface area (Å²) in [5.74, 6) is -0.524. The maximum Gasteiger partial charge on any atom is 0.323 e. The molecule has 0 aromatic heterocycles. The van der Waals surface area contributed by atoms with Gasteiger partial charge in [-0.15, -0.1) is 0 Å². The van der Waals surface area contributed by atoms with Crippen LogP contribution in [0.5, 0.6) is 11.5 Å². The van der Waals surface area contributed by atoms with Gasteiger partial charge in [0.15, 0.2) is 11.5 Å². The van der Waals surface area contributed by atoms with Crippen LogP contribution in [0.1, 0.15) is 39.2 Å². The number of carbonyl (C=O) groups is 2. The fraction of sp³-hybridized carbons (Fsp3) is 0.474. The summed E-state index contributed by atoms with van der Waals surface area (Å²) in [5.41, 5.74) is 1.32. The Kier molecular flexibility index (Phi) is 5.40. The minimum atomic E-state index is -1.08. The van der Waals surface area contributed by atoms with Crippen molar-refractivity contribution in [2.75, 3.05) is 25.7 Å². The third kappa shape index (κ3) is 3.21. The molecule has 0 radical (unpaired) electrons. The largest absolute Gasteiger partial charge is 0.493 e. The van der Waals surface area contributed by atoms with E-state index in [1.807, 2.05) is 19.9 Å². The fourth-order valence-electron chi connectivity index (χ4n) is 3.23. The predicted molar refractivity (Wildman–Crippen MR) is 96.2 cm³/mol. The van der Waals surface area contributed by atoms with E-state index >= 15 is 0 Å². The molecule has 1 aliphatic rings. The highest BCUT2D eigenvalue weighted by molar-refractivity contribution is 6.14. The summed E-state index contributed by atoms with van der Waals surface area (Å²) in [5, 5.41) is 9.30. The van der Waals surface area contributed by atoms with Crippen LogP contribution in [0.2, 0.25) is 0 Å². The van der Waals surface area contributed by atoms with Gasteiger partial charge in [0.1, 0.15) is 6.54 Å². The van der Waals surface area contributed by atoms with Crippen molar-refractivity contribution >= 4 is 23.1 Å². The van der Waals surface area contributed by atoms with Crippen molar-refractivity contribution in [3.05, 3.63) is 23.8 Å². The number of amides is 1. The van der Waals surface area contributed by atoms with Crippen LogP contribution in [-0.4, -0.2) is 37.7 Å². The topological polar surface area (TPSA) is 76.1 Å². The van der Waals surface area contributed by atoms with Crippen LogP contribution in [-0.2, 0) is 9.59 Å². The monoisotopic (exact) mass is 347 g/mol. The summed E-state index contributed by atoms with van der Waals surface area (Å²) in [6.45, 7) is 5.29. The molecule has 0 atom stereocenters. The van der Waals surface area contributed by atoms with Gasteiger partial charge < -0.3 is 14.6 Å². The van der Waals surface area contributed by atoms with Crippen LogP contribution in [0.3, 0.4) is 0 Å². The average Bonchev–Trinajstić information content (AvgIpc) is 2.57. The predicted octanol–water partition coefficient (Wildman–Crippen LogP) is 3.34. The van der Waals surface area contributed by atoms with E-state index in [1.165, 1.54) is 19.1 Å². The molecule has 6 nitrogen and oxygen atoms in total. The van der Waals surface area contributed by atoms with E-state index in [1.54, 1.807) is 6.07 Å². The molecule has 136 valence electrons. The number of anilines is 1. The quantitative estimate of drug-likeness (QED) is 0.854. The number of unbranched alkanes of at least 4 members (excludes halogenated alkanes) is 1. The molecule has 0 spiro atoms. The van der Waals surface area contributed by atoms with E-state index in [9.17, 15) is 14.7 Å². The van der Waals surface area contributed by atoms with Crippen molar-refractivity contribution in [2.24, 2.45) is 5.41 Å². The van der Waals surface area contributed by atoms with Crippen molar-refractivity contribution < 1.29 is 24.2 Å². The molecule has 1 heterocycles. The minimum absolute atomic E-state index is 0.267. The Morgan fingerprint density at radius 2 is 1.96 bits per heavy atom. The zero-order chi connectivity index (χ0) is 18.8. The number of carbonyl (C=O) groups excluding carboxylic acids is 1. The molecule has 6 heteroatoms. The Bertz CT molecular complexity index is 721. The number of ether oxygens (including phenoxy) is 2. The van der Waals surface area contributed by atoms with Crippen molar-refractivity contribution in [3.63, 3.8) is 0 Å². The highest BCUT2D eigenvalue weighted by atomic mass is 16.5. The van der Waals surface area contributed by atoms with Gasteiger partial charge in [0, 0.05) is 5.56 Å². The van der Waals surface area contributed by atoms with E-state index in [4.69, 9.17) is 9.47 Å². The lowest BCUT2D eigenvalue weighted by atomic mass is 9.74. The second kappa shape index (κ2) is 7.17. The molecule has 1 N–H and O–H groups in total. The first-order valence-electron chi connectivity index (χ1n) is 8.29. The standard InChI is InChI=1S/C19H25NO5/c1-6-7-8-13-12-9-10-14(24-4)17(25-5)16(12)20(11-15(21)22)18(23)19(13,2)3/h8-10H,6-7,11H2,1-5H3,(H,21,22)/b13-8+. The number of benzene rings is 1. The Labute approximate surface area is 148 Å². The van der Waals surface area contributed by atoms with E-state index < -0.39 is 17.9 Å². The molecule has 0 aliphatic carbocycles. The van der Waals surface area contributed by atoms with Crippen molar-refractivity contribution in [2.45, 2.75) is 33.6 Å². The number of aliphatic carboxylic acids is 1. The maximum atomic E-state index is 13.1. The van der Waals surface area contributed by atoms with Gasteiger partial charge in [-0.3, -0.25) is 14.5 Å². The highest BCUT2D eigenvalue weighted by Crippen LogP contribution is 2.52. The molecule has 1 amide bonds. The van der Waals surface area contributed by atoms with Crippen LogP contribution < -0.4 is 14.4 Å². The molecule has 1 aromatic rings. The van der Waals surface area contributed by atoms with E-state index in [2.05, 4.69) is 13.0 Å². The lowest BCUT2D eigenvalue weighted by Gasteiger charge is -2.41. The number of carboxylic acids is 1. The van der Waals surface area contributed by atoms with Gasteiger partial charge in [-0.1, -0.05) is 19.4 Å². The van der Waals surface area contributed by atoms with Crippen LogP contribution in [0.4, 0.5) is 5.69 Å². The number of rotatable bonds is 6. The van der Waals surface area contributed by atoms with Crippen LogP contribution in [0.25, 0.3) is 5.57 Å². The molecule has 1 aromatic carbocycles. The number of hydrogen-bond acceptors (Lipinski definition) is 4. The number of nitrogens with zero attached hydrogens (tertiary/aromatic N) is 1. The molecule has 0 saturated heterocycles. The normalized spacial score (nSPS) is 17.4. The molecule has 0 saturated carbocycles. The smallest absolute Gasteiger partial charge is 0.323 e. The SMILES string of the molecule is CCC/C=C1\c2ccc(OC)c(OC)c2N(CC(=O)O)C(=O)C1(C)C. The Morgan fingerprint density at radius 3 is 2.48 bits per heavy atom. The Morgan fingerprint density at radius 1 is 1.28 bits per heavy atom. The van der Waals surface area contributed by atoms with Gasteiger partial charge in [-0.05, 0) is 38.0 Å². The van der Waals surface area contributed by atoms with Gasteiger partial charge in [-0.2, -0.15) is 0 Å². The summed E-state index contributed by atoms with van der Waals surface area (Å²) >= 11 is 0. The third-order valence-corrected chi connectivity index (χ3v) is 4.46. The van der Waals surface area contributed by atoms with Crippen molar-refractivity contribution in [3.8, 4) is 11.5 Å². The zero-order valence-electron chi connectivity index (χ0n) is 15.4. The summed E-state index contributed by atoms with van der Waals surface area (Å²) in [4.78, 5) is 25.8. The molecule has 25 heavy (non-hydrogen) atoms. The lowest BCUT2D eigenvalue weighted by Crippen LogP contribution is -2.48.